The summed E-state index contributed by atoms with van der Waals surface area (Å²) in [7, 11) is 0. The Morgan fingerprint density at radius 2 is 0.642 bits per heavy atom. The van der Waals surface area contributed by atoms with Gasteiger partial charge in [-0.3, -0.25) is 9.59 Å². The summed E-state index contributed by atoms with van der Waals surface area (Å²) >= 11 is 16.2. The molecule has 0 fully saturated rings. The summed E-state index contributed by atoms with van der Waals surface area (Å²) in [4.78, 5) is 32.7. The van der Waals surface area contributed by atoms with Gasteiger partial charge in [-0.1, -0.05) is 368 Å². The maximum absolute atomic E-state index is 15.3. The second-order valence-corrected chi connectivity index (χ2v) is 42.5. The largest absolute Gasteiger partial charge is 0.337 e. The highest BCUT2D eigenvalue weighted by molar-refractivity contribution is 9.10. The Bertz CT molecular complexity index is 5170. The van der Waals surface area contributed by atoms with Crippen molar-refractivity contribution in [1.82, 2.24) is 17.9 Å². The minimum Gasteiger partial charge on any atom is -0.337 e. The quantitative estimate of drug-likeness (QED) is 0.0206. The number of fused-ring (bicyclic) bond motifs is 16. The number of nitrogens with zero attached hydrogens (tertiary/aromatic N) is 8. The normalized spacial score (nSPS) is 14.1. The first-order chi connectivity index (χ1) is 60.4. The van der Waals surface area contributed by atoms with E-state index in [4.69, 9.17) is 8.75 Å². The van der Waals surface area contributed by atoms with Crippen LogP contribution in [0.4, 0.5) is 0 Å². The SMILES string of the molecule is CCCCCCCCCCCc1c(/C=C2\C(=O)c3cc(Br)ccc3C2=C(C#N)C#N)sc2c1sc1c3c4nsnc4c4c5sc6c(CCCCCCCCCCC)c(/C=C7\C(=O)c8cc(Br)ccc8C7=C(C#N)C#N)sc6c5n(CC(CCCCCCCC)CCCCCCCCCC)c4c3n(CC(CCCCCCCC)CCCCCCCCCC)c21. The molecule has 7 heterocycles. The van der Waals surface area contributed by atoms with Gasteiger partial charge in [-0.15, -0.1) is 45.3 Å². The lowest BCUT2D eigenvalue weighted by Crippen LogP contribution is -2.14. The summed E-state index contributed by atoms with van der Waals surface area (Å²) in [6.45, 7) is 15.6. The molecule has 0 radical (unpaired) electrons. The molecular formula is C106H136Br2N8O2S5. The standard InChI is InChI=1S/C106H136Br2N8O2S5/c1-7-13-19-25-31-35-39-45-51-57-81-87(65-85-89(75(67-109)68-110)79-61-59-77(107)63-83(79)99(85)117)119-105-97-103(121-101(81)105)91-93-94(114-123-113-93)92-96(95(91)115(97)71-73(53-47-41-29-23-17-11-5)55-49-43-37-33-27-21-15-9-3)116(72-74(54-48-42-30-24-18-12-6)56-50-44-38-34-28-22-16-10-4)98-104(92)122-102-82(58-52-46-40-36-32-26-20-14-8-2)88(120-106(98)102)66-86-90(76(69-111)70-112)80-62-60-78(108)64-84(80)100(86)118/h59-66,73-74H,7-58,71-72H2,1-6H3/b85-65-,86-66-. The molecule has 0 aliphatic heterocycles. The van der Waals surface area contributed by atoms with Crippen molar-refractivity contribution in [2.24, 2.45) is 11.8 Å². The van der Waals surface area contributed by atoms with E-state index in [9.17, 15) is 21.0 Å². The number of hydrogen-bond donors (Lipinski definition) is 0. The van der Waals surface area contributed by atoms with E-state index >= 15 is 9.59 Å². The molecule has 0 saturated heterocycles. The van der Waals surface area contributed by atoms with Gasteiger partial charge >= 0.3 is 0 Å². The molecule has 2 aliphatic carbocycles. The van der Waals surface area contributed by atoms with E-state index in [1.54, 1.807) is 0 Å². The van der Waals surface area contributed by atoms with Gasteiger partial charge in [0.1, 0.15) is 46.5 Å². The molecule has 656 valence electrons. The average molecular weight is 1870 g/mol. The average Bonchev–Trinajstić information content (AvgIpc) is 1.50. The maximum atomic E-state index is 15.3. The van der Waals surface area contributed by atoms with Gasteiger partial charge in [-0.25, -0.2) is 0 Å². The number of thiophene rings is 4. The zero-order valence-corrected chi connectivity index (χ0v) is 82.4. The Morgan fingerprint density at radius 3 is 0.935 bits per heavy atom. The Hall–Kier alpha value is -6.38. The third-order valence-electron chi connectivity index (χ3n) is 26.8. The molecular weight excluding hydrogens is 1740 g/mol. The van der Waals surface area contributed by atoms with Crippen molar-refractivity contribution >= 4 is 196 Å². The van der Waals surface area contributed by atoms with Crippen molar-refractivity contribution < 1.29 is 9.59 Å². The third-order valence-corrected chi connectivity index (χ3v) is 33.4. The first-order valence-corrected chi connectivity index (χ1v) is 54.3. The number of rotatable bonds is 58. The number of allylic oxidation sites excluding steroid dienone is 6. The van der Waals surface area contributed by atoms with E-state index in [0.717, 1.165) is 107 Å². The molecule has 0 bridgehead atoms. The Labute approximate surface area is 773 Å². The highest BCUT2D eigenvalue weighted by atomic mass is 79.9. The van der Waals surface area contributed by atoms with Crippen LogP contribution in [-0.2, 0) is 25.9 Å². The minimum absolute atomic E-state index is 0.0487. The number of aromatic nitrogens is 4. The van der Waals surface area contributed by atoms with Crippen LogP contribution in [0.3, 0.4) is 0 Å². The van der Waals surface area contributed by atoms with Gasteiger partial charge in [-0.2, -0.15) is 29.8 Å². The van der Waals surface area contributed by atoms with Crippen LogP contribution in [0.1, 0.15) is 415 Å². The summed E-state index contributed by atoms with van der Waals surface area (Å²) in [5.41, 5.74) is 13.4. The third kappa shape index (κ3) is 23.6. The van der Waals surface area contributed by atoms with Crippen LogP contribution in [0.15, 0.2) is 67.6 Å². The molecule has 17 heteroatoms. The number of hydrogen-bond acceptors (Lipinski definition) is 13. The van der Waals surface area contributed by atoms with Crippen molar-refractivity contribution in [2.75, 3.05) is 0 Å². The zero-order valence-electron chi connectivity index (χ0n) is 75.1. The Morgan fingerprint density at radius 1 is 0.358 bits per heavy atom. The fourth-order valence-electron chi connectivity index (χ4n) is 20.0. The Kier molecular flexibility index (Phi) is 38.8. The number of carbonyl (C=O) groups excluding carboxylic acids is 2. The molecule has 12 rings (SSSR count). The maximum Gasteiger partial charge on any atom is 0.194 e. The van der Waals surface area contributed by atoms with Crippen LogP contribution in [-0.4, -0.2) is 29.4 Å². The van der Waals surface area contributed by atoms with Crippen LogP contribution in [0.25, 0.3) is 95.4 Å². The van der Waals surface area contributed by atoms with E-state index in [2.05, 4.69) is 119 Å². The molecule has 2 aliphatic rings. The number of benzene rings is 3. The predicted octanol–water partition coefficient (Wildman–Crippen LogP) is 36.1. The molecule has 0 N–H and O–H groups in total. The summed E-state index contributed by atoms with van der Waals surface area (Å²) in [5, 5.41) is 45.6. The lowest BCUT2D eigenvalue weighted by atomic mass is 9.93. The van der Waals surface area contributed by atoms with E-state index in [1.807, 2.05) is 81.7 Å². The van der Waals surface area contributed by atoms with Gasteiger partial charge in [0.25, 0.3) is 0 Å². The van der Waals surface area contributed by atoms with Crippen LogP contribution < -0.4 is 0 Å². The lowest BCUT2D eigenvalue weighted by molar-refractivity contribution is 0.103. The van der Waals surface area contributed by atoms with E-state index < -0.39 is 0 Å². The van der Waals surface area contributed by atoms with Gasteiger partial charge in [0.15, 0.2) is 11.6 Å². The summed E-state index contributed by atoms with van der Waals surface area (Å²) in [6.07, 6.45) is 67.5. The Balaban J connectivity index is 1.15. The van der Waals surface area contributed by atoms with Crippen molar-refractivity contribution in [1.29, 1.82) is 21.0 Å². The molecule has 10 aromatic rings. The number of unbranched alkanes of at least 4 members (excludes halogenated alkanes) is 40. The molecule has 0 amide bonds. The van der Waals surface area contributed by atoms with E-state index in [1.165, 1.54) is 354 Å². The highest BCUT2D eigenvalue weighted by Gasteiger charge is 2.38. The van der Waals surface area contributed by atoms with Crippen LogP contribution in [0.2, 0.25) is 0 Å². The number of Topliss-reactive ketones (excluding diaryl/α,β-unsaturated/α-hetero) is 2. The molecule has 0 spiro atoms. The summed E-state index contributed by atoms with van der Waals surface area (Å²) in [5.74, 6) is 0.467. The predicted molar refractivity (Wildman–Crippen MR) is 538 cm³/mol. The number of ketones is 2. The number of halogens is 2. The van der Waals surface area contributed by atoms with Crippen LogP contribution in [0.5, 0.6) is 0 Å². The second-order valence-electron chi connectivity index (χ2n) is 36.0. The molecule has 123 heavy (non-hydrogen) atoms. The first-order valence-electron chi connectivity index (χ1n) is 48.7. The van der Waals surface area contributed by atoms with Crippen molar-refractivity contribution in [3.63, 3.8) is 0 Å². The first kappa shape index (κ1) is 95.7. The van der Waals surface area contributed by atoms with E-state index in [0.29, 0.717) is 56.4 Å². The topological polar surface area (TPSA) is 165 Å². The lowest BCUT2D eigenvalue weighted by Gasteiger charge is -2.22. The van der Waals surface area contributed by atoms with Crippen molar-refractivity contribution in [3.05, 3.63) is 111 Å². The molecule has 7 aromatic heterocycles. The van der Waals surface area contributed by atoms with Gasteiger partial charge in [0.2, 0.25) is 0 Å². The van der Waals surface area contributed by atoms with Crippen molar-refractivity contribution in [2.45, 2.75) is 389 Å². The van der Waals surface area contributed by atoms with Crippen LogP contribution >= 0.6 is 88.9 Å². The molecule has 0 saturated carbocycles. The van der Waals surface area contributed by atoms with Gasteiger partial charge in [-0.05, 0) is 122 Å². The van der Waals surface area contributed by atoms with Gasteiger partial charge in [0.05, 0.1) is 62.0 Å². The number of nitriles is 4. The fraction of sp³-hybridized carbons (Fsp3) is 0.585. The minimum atomic E-state index is -0.162. The van der Waals surface area contributed by atoms with Gasteiger partial charge < -0.3 is 9.13 Å². The summed E-state index contributed by atoms with van der Waals surface area (Å²) < 4.78 is 26.0. The zero-order chi connectivity index (χ0) is 86.4. The van der Waals surface area contributed by atoms with Crippen molar-refractivity contribution in [3.8, 4) is 24.3 Å². The summed E-state index contributed by atoms with van der Waals surface area (Å²) in [6, 6.07) is 20.3. The second kappa shape index (κ2) is 49.8. The fourth-order valence-corrected chi connectivity index (χ4v) is 27.2. The van der Waals surface area contributed by atoms with E-state index in [-0.39, 0.29) is 22.7 Å². The monoisotopic (exact) mass is 1870 g/mol. The van der Waals surface area contributed by atoms with Gasteiger partial charge in [0, 0.05) is 76.0 Å². The number of aryl methyl sites for hydroxylation is 2. The molecule has 2 unspecified atom stereocenters. The van der Waals surface area contributed by atoms with Crippen LogP contribution in [0, 0.1) is 57.2 Å². The molecule has 3 aromatic carbocycles. The number of carbonyl (C=O) groups is 2. The molecule has 2 atom stereocenters. The smallest absolute Gasteiger partial charge is 0.194 e. The molecule has 10 nitrogen and oxygen atoms in total. The highest BCUT2D eigenvalue weighted by Crippen LogP contribution is 2.57.